The first kappa shape index (κ1) is 45.3. The number of hydrogen-bond acceptors (Lipinski definition) is 11. The highest BCUT2D eigenvalue weighted by Gasteiger charge is 2.30. The van der Waals surface area contributed by atoms with Crippen LogP contribution in [0.25, 0.3) is 16.9 Å². The second-order valence-corrected chi connectivity index (χ2v) is 15.5. The van der Waals surface area contributed by atoms with Gasteiger partial charge in [-0.2, -0.15) is 0 Å². The van der Waals surface area contributed by atoms with Crippen LogP contribution in [0.3, 0.4) is 0 Å². The van der Waals surface area contributed by atoms with Gasteiger partial charge in [0.25, 0.3) is 10.0 Å². The number of likely N-dealkylation sites (N-methyl/N-ethyl adjacent to an activating group) is 1. The molecule has 0 amide bonds. The van der Waals surface area contributed by atoms with Crippen molar-refractivity contribution in [3.63, 3.8) is 0 Å². The van der Waals surface area contributed by atoms with Crippen molar-refractivity contribution in [1.82, 2.24) is 24.3 Å². The number of carbonyl (C=O) groups is 4. The van der Waals surface area contributed by atoms with Crippen LogP contribution in [0.1, 0.15) is 34.6 Å². The van der Waals surface area contributed by atoms with Crippen molar-refractivity contribution in [1.29, 1.82) is 0 Å². The fraction of sp³-hybridized carbons (Fsp3) is 0.317. The van der Waals surface area contributed by atoms with Gasteiger partial charge in [0.1, 0.15) is 5.75 Å². The number of carboxylic acid groups (broad SMARTS) is 4. The number of aliphatic carboxylic acids is 4. The number of aromatic nitrogens is 3. The van der Waals surface area contributed by atoms with Crippen LogP contribution in [0.15, 0.2) is 83.8 Å². The number of nitrogens with one attached hydrogen (secondary N) is 1. The monoisotopic (exact) mass is 832 g/mol. The summed E-state index contributed by atoms with van der Waals surface area (Å²) < 4.78 is 36.8. The van der Waals surface area contributed by atoms with Gasteiger partial charge in [-0.05, 0) is 118 Å². The van der Waals surface area contributed by atoms with E-state index in [9.17, 15) is 27.6 Å². The molecule has 5 N–H and O–H groups in total. The third-order valence-corrected chi connectivity index (χ3v) is 10.8. The van der Waals surface area contributed by atoms with E-state index in [0.29, 0.717) is 41.7 Å². The van der Waals surface area contributed by atoms with Gasteiger partial charge < -0.3 is 34.6 Å². The van der Waals surface area contributed by atoms with Gasteiger partial charge in [0, 0.05) is 79.3 Å². The van der Waals surface area contributed by atoms with Crippen LogP contribution in [0.4, 0.5) is 5.95 Å². The van der Waals surface area contributed by atoms with Crippen molar-refractivity contribution < 1.29 is 52.8 Å². The molecule has 314 valence electrons. The van der Waals surface area contributed by atoms with E-state index in [-0.39, 0.29) is 10.8 Å². The molecule has 0 bridgehead atoms. The molecular formula is C41H48N6O11S. The molecule has 18 heteroatoms. The molecule has 17 nitrogen and oxygen atoms in total. The molecule has 1 atom stereocenters. The highest BCUT2D eigenvalue weighted by Crippen LogP contribution is 2.37. The fourth-order valence-electron chi connectivity index (χ4n) is 6.76. The number of carboxylic acids is 4. The van der Waals surface area contributed by atoms with Crippen molar-refractivity contribution in [2.75, 3.05) is 45.1 Å². The lowest BCUT2D eigenvalue weighted by Gasteiger charge is -2.39. The molecule has 0 unspecified atom stereocenters. The molecule has 1 saturated heterocycles. The first-order chi connectivity index (χ1) is 27.9. The number of rotatable bonds is 11. The number of nitrogens with zero attached hydrogens (tertiary/aromatic N) is 5. The van der Waals surface area contributed by atoms with Crippen molar-refractivity contribution in [3.8, 4) is 22.7 Å². The van der Waals surface area contributed by atoms with Crippen molar-refractivity contribution in [2.24, 2.45) is 0 Å². The summed E-state index contributed by atoms with van der Waals surface area (Å²) in [7, 11) is 0.0348. The SMILES string of the molecule is COc1ccc(-c2cc3c(n2-c2ccc(S(=O)(=O)Nc4nc(C)cc(C)n4)cc2)CC[C@@H](N2CCN(C)CC2)C3)cc1C.O=C(O)/C=C/C(=O)O.O=C(O)/C=C/C(=O)O. The van der Waals surface area contributed by atoms with Crippen molar-refractivity contribution in [3.05, 3.63) is 107 Å². The van der Waals surface area contributed by atoms with Crippen molar-refractivity contribution >= 4 is 39.8 Å². The van der Waals surface area contributed by atoms with Gasteiger partial charge in [-0.1, -0.05) is 0 Å². The highest BCUT2D eigenvalue weighted by atomic mass is 32.2. The second-order valence-electron chi connectivity index (χ2n) is 13.9. The first-order valence-corrected chi connectivity index (χ1v) is 19.9. The van der Waals surface area contributed by atoms with E-state index in [1.54, 1.807) is 25.3 Å². The van der Waals surface area contributed by atoms with E-state index in [1.807, 2.05) is 32.0 Å². The smallest absolute Gasteiger partial charge is 0.328 e. The van der Waals surface area contributed by atoms with E-state index in [2.05, 4.69) is 61.2 Å². The molecule has 2 aromatic heterocycles. The summed E-state index contributed by atoms with van der Waals surface area (Å²) in [6.07, 6.45) is 5.32. The second kappa shape index (κ2) is 20.4. The average Bonchev–Trinajstić information content (AvgIpc) is 3.55. The summed E-state index contributed by atoms with van der Waals surface area (Å²) in [5.74, 6) is -4.09. The zero-order chi connectivity index (χ0) is 43.4. The number of fused-ring (bicyclic) bond motifs is 1. The molecule has 3 heterocycles. The molecule has 59 heavy (non-hydrogen) atoms. The van der Waals surface area contributed by atoms with Crippen LogP contribution < -0.4 is 9.46 Å². The molecule has 2 aliphatic rings. The molecule has 0 radical (unpaired) electrons. The van der Waals surface area contributed by atoms with E-state index >= 15 is 0 Å². The standard InChI is InChI=1S/C33H40N6O3S.2C4H4O4/c1-22-18-25(6-13-32(22)42-5)31-21-26-20-28(38-16-14-37(4)15-17-38)9-12-30(26)39(31)27-7-10-29(11-8-27)43(40,41)36-33-34-23(2)19-24(3)35-33;2*5-3(6)1-2-4(7)8/h6-8,10-11,13,18-19,21,28H,9,12,14-17,20H2,1-5H3,(H,34,35,36);2*1-2H,(H,5,6)(H,7,8)/b;2*2-1+/t28-;;/m1../s1. The van der Waals surface area contributed by atoms with Crippen LogP contribution in [-0.4, -0.2) is 123 Å². The normalized spacial score (nSPS) is 15.6. The molecule has 4 aromatic rings. The lowest BCUT2D eigenvalue weighted by molar-refractivity contribution is -0.134. The molecule has 0 spiro atoms. The Hall–Kier alpha value is -6.37. The summed E-state index contributed by atoms with van der Waals surface area (Å²) >= 11 is 0. The number of benzene rings is 2. The number of sulfonamides is 1. The van der Waals surface area contributed by atoms with Crippen LogP contribution >= 0.6 is 0 Å². The van der Waals surface area contributed by atoms with Gasteiger partial charge in [0.15, 0.2) is 0 Å². The Morgan fingerprint density at radius 3 is 1.81 bits per heavy atom. The number of hydrogen-bond donors (Lipinski definition) is 5. The summed E-state index contributed by atoms with van der Waals surface area (Å²) in [4.78, 5) is 51.9. The lowest BCUT2D eigenvalue weighted by atomic mass is 9.91. The summed E-state index contributed by atoms with van der Waals surface area (Å²) in [5.41, 5.74) is 8.28. The number of anilines is 1. The zero-order valence-corrected chi connectivity index (χ0v) is 34.1. The van der Waals surface area contributed by atoms with E-state index in [0.717, 1.165) is 73.7 Å². The van der Waals surface area contributed by atoms with E-state index in [1.165, 1.54) is 11.3 Å². The third-order valence-electron chi connectivity index (χ3n) is 9.46. The van der Waals surface area contributed by atoms with Gasteiger partial charge in [-0.3, -0.25) is 4.90 Å². The summed E-state index contributed by atoms with van der Waals surface area (Å²) in [6.45, 7) is 10.1. The molecule has 6 rings (SSSR count). The van der Waals surface area contributed by atoms with Crippen LogP contribution in [0.5, 0.6) is 5.75 Å². The quantitative estimate of drug-likeness (QED) is 0.133. The lowest BCUT2D eigenvalue weighted by Crippen LogP contribution is -2.50. The highest BCUT2D eigenvalue weighted by molar-refractivity contribution is 7.92. The van der Waals surface area contributed by atoms with Gasteiger partial charge in [0.05, 0.1) is 17.7 Å². The Morgan fingerprint density at radius 2 is 1.32 bits per heavy atom. The minimum atomic E-state index is -3.86. The Kier molecular flexibility index (Phi) is 15.6. The van der Waals surface area contributed by atoms with Gasteiger partial charge in [-0.25, -0.2) is 42.3 Å². The Labute approximate surface area is 342 Å². The molecular weight excluding hydrogens is 785 g/mol. The maximum atomic E-state index is 13.2. The molecule has 0 saturated carbocycles. The molecule has 1 fully saturated rings. The van der Waals surface area contributed by atoms with Gasteiger partial charge in [-0.15, -0.1) is 0 Å². The fourth-order valence-corrected chi connectivity index (χ4v) is 7.71. The Balaban J connectivity index is 0.000000406. The zero-order valence-electron chi connectivity index (χ0n) is 33.3. The predicted molar refractivity (Wildman–Crippen MR) is 219 cm³/mol. The van der Waals surface area contributed by atoms with Crippen LogP contribution in [0, 0.1) is 20.8 Å². The maximum absolute atomic E-state index is 13.2. The third kappa shape index (κ3) is 13.1. The van der Waals surface area contributed by atoms with Gasteiger partial charge in [0.2, 0.25) is 5.95 Å². The van der Waals surface area contributed by atoms with E-state index < -0.39 is 33.9 Å². The predicted octanol–water partition coefficient (Wildman–Crippen LogP) is 4.20. The minimum Gasteiger partial charge on any atom is -0.496 e. The minimum absolute atomic E-state index is 0.0770. The molecule has 1 aliphatic carbocycles. The molecule has 2 aromatic carbocycles. The number of ether oxygens (including phenoxy) is 1. The maximum Gasteiger partial charge on any atom is 0.328 e. The number of piperazine rings is 1. The number of aryl methyl sites for hydroxylation is 3. The van der Waals surface area contributed by atoms with Crippen LogP contribution in [-0.2, 0) is 42.0 Å². The summed E-state index contributed by atoms with van der Waals surface area (Å²) in [5, 5.41) is 31.2. The largest absolute Gasteiger partial charge is 0.496 e. The Bertz CT molecular complexity index is 2250. The van der Waals surface area contributed by atoms with Crippen LogP contribution in [0.2, 0.25) is 0 Å². The van der Waals surface area contributed by atoms with Crippen molar-refractivity contribution in [2.45, 2.75) is 51.0 Å². The number of methoxy groups -OCH3 is 1. The topological polar surface area (TPSA) is 242 Å². The van der Waals surface area contributed by atoms with Gasteiger partial charge >= 0.3 is 23.9 Å². The summed E-state index contributed by atoms with van der Waals surface area (Å²) in [6, 6.07) is 18.1. The van der Waals surface area contributed by atoms with E-state index in [4.69, 9.17) is 25.2 Å². The molecule has 1 aliphatic heterocycles. The average molecular weight is 833 g/mol. The Morgan fingerprint density at radius 1 is 0.780 bits per heavy atom. The first-order valence-electron chi connectivity index (χ1n) is 18.4.